The lowest BCUT2D eigenvalue weighted by molar-refractivity contribution is 0.0999. The molecule has 0 aliphatic heterocycles. The van der Waals surface area contributed by atoms with Gasteiger partial charge >= 0.3 is 0 Å². The van der Waals surface area contributed by atoms with Crippen LogP contribution in [0.5, 0.6) is 0 Å². The van der Waals surface area contributed by atoms with E-state index in [0.717, 1.165) is 0 Å². The van der Waals surface area contributed by atoms with Gasteiger partial charge in [0.05, 0.1) is 0 Å². The Balaban J connectivity index is 0. The van der Waals surface area contributed by atoms with Crippen LogP contribution in [0.1, 0.15) is 20.7 Å². The second kappa shape index (κ2) is 6.23. The number of carbonyl (C=O) groups excluding carboxylic acids is 2. The van der Waals surface area contributed by atoms with Crippen LogP contribution in [0.15, 0.2) is 24.3 Å². The number of amides is 2. The maximum Gasteiger partial charge on any atom is 0.248 e. The summed E-state index contributed by atoms with van der Waals surface area (Å²) in [5.41, 5.74) is 10.6. The summed E-state index contributed by atoms with van der Waals surface area (Å²) >= 11 is 0. The molecule has 14 heavy (non-hydrogen) atoms. The molecule has 4 nitrogen and oxygen atoms in total. The summed E-state index contributed by atoms with van der Waals surface area (Å²) in [5, 5.41) is 0. The molecule has 0 bridgehead atoms. The fourth-order valence-corrected chi connectivity index (χ4v) is 0.826. The van der Waals surface area contributed by atoms with Gasteiger partial charge in [0.1, 0.15) is 0 Å². The third-order valence-corrected chi connectivity index (χ3v) is 1.43. The third-order valence-electron chi connectivity index (χ3n) is 1.43. The molecule has 0 fully saturated rings. The van der Waals surface area contributed by atoms with Gasteiger partial charge < -0.3 is 11.5 Å². The normalized spacial score (nSPS) is 8.00. The first-order chi connectivity index (χ1) is 5.61. The first-order valence-corrected chi connectivity index (χ1v) is 3.31. The molecule has 0 aliphatic rings. The monoisotopic (exact) mass is 236 g/mol. The average Bonchev–Trinajstić information content (AvgIpc) is 2.04. The summed E-state index contributed by atoms with van der Waals surface area (Å²) in [7, 11) is 0. The Kier molecular flexibility index (Phi) is 6.78. The molecule has 0 aliphatic carbocycles. The predicted octanol–water partition coefficient (Wildman–Crippen LogP) is 0.728. The Labute approximate surface area is 93.5 Å². The summed E-state index contributed by atoms with van der Waals surface area (Å²) in [6.45, 7) is 0. The topological polar surface area (TPSA) is 86.2 Å². The molecule has 0 unspecified atom stereocenters. The van der Waals surface area contributed by atoms with Gasteiger partial charge in [-0.1, -0.05) is 6.07 Å². The van der Waals surface area contributed by atoms with Crippen LogP contribution >= 0.6 is 24.8 Å². The summed E-state index contributed by atoms with van der Waals surface area (Å²) in [5.74, 6) is -1.14. The average molecular weight is 237 g/mol. The molecule has 0 saturated heterocycles. The lowest BCUT2D eigenvalue weighted by Crippen LogP contribution is -2.14. The summed E-state index contributed by atoms with van der Waals surface area (Å²) in [4.78, 5) is 21.3. The first kappa shape index (κ1) is 15.2. The molecule has 0 heterocycles. The quantitative estimate of drug-likeness (QED) is 0.794. The van der Waals surface area contributed by atoms with E-state index in [2.05, 4.69) is 0 Å². The molecule has 2 amide bonds. The smallest absolute Gasteiger partial charge is 0.248 e. The highest BCUT2D eigenvalue weighted by Gasteiger charge is 2.03. The van der Waals surface area contributed by atoms with Gasteiger partial charge in [-0.05, 0) is 18.2 Å². The van der Waals surface area contributed by atoms with Crippen LogP contribution < -0.4 is 11.5 Å². The van der Waals surface area contributed by atoms with Gasteiger partial charge in [-0.2, -0.15) is 0 Å². The van der Waals surface area contributed by atoms with E-state index in [1.165, 1.54) is 18.2 Å². The highest BCUT2D eigenvalue weighted by molar-refractivity contribution is 5.98. The summed E-state index contributed by atoms with van der Waals surface area (Å²) < 4.78 is 0. The highest BCUT2D eigenvalue weighted by atomic mass is 35.5. The summed E-state index contributed by atoms with van der Waals surface area (Å²) in [6.07, 6.45) is 0. The fraction of sp³-hybridized carbons (Fsp3) is 0. The van der Waals surface area contributed by atoms with Crippen LogP contribution in [0.2, 0.25) is 0 Å². The molecule has 0 atom stereocenters. The number of hydrogen-bond donors (Lipinski definition) is 2. The zero-order chi connectivity index (χ0) is 9.14. The van der Waals surface area contributed by atoms with Crippen molar-refractivity contribution in [2.75, 3.05) is 0 Å². The fourth-order valence-electron chi connectivity index (χ4n) is 0.826. The molecule has 0 radical (unpaired) electrons. The zero-order valence-corrected chi connectivity index (χ0v) is 8.73. The van der Waals surface area contributed by atoms with Gasteiger partial charge in [0, 0.05) is 11.1 Å². The molecule has 78 valence electrons. The second-order valence-electron chi connectivity index (χ2n) is 2.31. The van der Waals surface area contributed by atoms with E-state index in [-0.39, 0.29) is 35.9 Å². The molecule has 0 spiro atoms. The molecule has 1 aromatic rings. The van der Waals surface area contributed by atoms with E-state index < -0.39 is 11.8 Å². The number of benzene rings is 1. The Morgan fingerprint density at radius 2 is 1.29 bits per heavy atom. The molecule has 0 aromatic heterocycles. The minimum atomic E-state index is -0.571. The molecule has 4 N–H and O–H groups in total. The Morgan fingerprint density at radius 1 is 0.929 bits per heavy atom. The van der Waals surface area contributed by atoms with Crippen LogP contribution in [0, 0.1) is 0 Å². The van der Waals surface area contributed by atoms with Crippen molar-refractivity contribution in [1.82, 2.24) is 0 Å². The van der Waals surface area contributed by atoms with Crippen LogP contribution in [0.4, 0.5) is 0 Å². The number of carbonyl (C=O) groups is 2. The molecule has 1 aromatic carbocycles. The molecule has 1 rings (SSSR count). The van der Waals surface area contributed by atoms with Gasteiger partial charge in [-0.15, -0.1) is 24.8 Å². The van der Waals surface area contributed by atoms with Crippen molar-refractivity contribution in [2.45, 2.75) is 0 Å². The van der Waals surface area contributed by atoms with Crippen LogP contribution in [-0.2, 0) is 0 Å². The zero-order valence-electron chi connectivity index (χ0n) is 7.10. The minimum absolute atomic E-state index is 0. The maximum absolute atomic E-state index is 10.6. The molecule has 0 saturated carbocycles. The predicted molar refractivity (Wildman–Crippen MR) is 58.0 cm³/mol. The Morgan fingerprint density at radius 3 is 1.57 bits per heavy atom. The van der Waals surface area contributed by atoms with Crippen LogP contribution in [0.3, 0.4) is 0 Å². The van der Waals surface area contributed by atoms with E-state index in [1.807, 2.05) is 0 Å². The first-order valence-electron chi connectivity index (χ1n) is 3.31. The standard InChI is InChI=1S/C8H8N2O2.2ClH/c9-7(11)5-2-1-3-6(4-5)8(10)12;;/h1-4H,(H2,9,11)(H2,10,12);2*1H. The van der Waals surface area contributed by atoms with E-state index in [4.69, 9.17) is 11.5 Å². The van der Waals surface area contributed by atoms with Crippen molar-refractivity contribution in [3.05, 3.63) is 35.4 Å². The van der Waals surface area contributed by atoms with Gasteiger partial charge in [-0.3, -0.25) is 9.59 Å². The Hall–Kier alpha value is -1.26. The number of primary amides is 2. The Bertz CT molecular complexity index is 313. The van der Waals surface area contributed by atoms with E-state index in [9.17, 15) is 9.59 Å². The lowest BCUT2D eigenvalue weighted by Gasteiger charge is -1.97. The van der Waals surface area contributed by atoms with Gasteiger partial charge in [0.25, 0.3) is 0 Å². The number of hydrogen-bond acceptors (Lipinski definition) is 2. The number of halogens is 2. The SMILES string of the molecule is Cl.Cl.NC(=O)c1cccc(C(N)=O)c1. The van der Waals surface area contributed by atoms with Crippen molar-refractivity contribution < 1.29 is 9.59 Å². The molecular weight excluding hydrogens is 227 g/mol. The van der Waals surface area contributed by atoms with Crippen LogP contribution in [0.25, 0.3) is 0 Å². The van der Waals surface area contributed by atoms with Crippen molar-refractivity contribution in [1.29, 1.82) is 0 Å². The number of nitrogens with two attached hydrogens (primary N) is 2. The van der Waals surface area contributed by atoms with Crippen molar-refractivity contribution in [3.8, 4) is 0 Å². The third kappa shape index (κ3) is 3.64. The number of rotatable bonds is 2. The molecular formula is C8H10Cl2N2O2. The van der Waals surface area contributed by atoms with E-state index in [1.54, 1.807) is 6.07 Å². The van der Waals surface area contributed by atoms with E-state index >= 15 is 0 Å². The van der Waals surface area contributed by atoms with Gasteiger partial charge in [0.15, 0.2) is 0 Å². The van der Waals surface area contributed by atoms with Crippen molar-refractivity contribution in [3.63, 3.8) is 0 Å². The lowest BCUT2D eigenvalue weighted by atomic mass is 10.1. The maximum atomic E-state index is 10.6. The highest BCUT2D eigenvalue weighted by Crippen LogP contribution is 2.03. The van der Waals surface area contributed by atoms with E-state index in [0.29, 0.717) is 0 Å². The van der Waals surface area contributed by atoms with Gasteiger partial charge in [-0.25, -0.2) is 0 Å². The second-order valence-corrected chi connectivity index (χ2v) is 2.31. The van der Waals surface area contributed by atoms with Crippen molar-refractivity contribution in [2.24, 2.45) is 11.5 Å². The van der Waals surface area contributed by atoms with Gasteiger partial charge in [0.2, 0.25) is 11.8 Å². The minimum Gasteiger partial charge on any atom is -0.366 e. The molecule has 6 heteroatoms. The van der Waals surface area contributed by atoms with Crippen molar-refractivity contribution >= 4 is 36.6 Å². The largest absolute Gasteiger partial charge is 0.366 e. The summed E-state index contributed by atoms with van der Waals surface area (Å²) in [6, 6.07) is 5.97. The van der Waals surface area contributed by atoms with Crippen LogP contribution in [-0.4, -0.2) is 11.8 Å².